The van der Waals surface area contributed by atoms with Crippen LogP contribution < -0.4 is 10.2 Å². The van der Waals surface area contributed by atoms with Crippen LogP contribution in [0.2, 0.25) is 0 Å². The van der Waals surface area contributed by atoms with Crippen molar-refractivity contribution in [2.45, 2.75) is 51.4 Å². The Morgan fingerprint density at radius 2 is 1.95 bits per heavy atom. The second-order valence-corrected chi connectivity index (χ2v) is 6.43. The highest BCUT2D eigenvalue weighted by Gasteiger charge is 2.28. The summed E-state index contributed by atoms with van der Waals surface area (Å²) in [4.78, 5) is 9.32. The van der Waals surface area contributed by atoms with E-state index in [1.54, 1.807) is 0 Å². The molecule has 2 fully saturated rings. The van der Waals surface area contributed by atoms with Crippen molar-refractivity contribution in [3.63, 3.8) is 0 Å². The standard InChI is InChI=1S/C16H26N4/c1-12-10-20(11-13(2)19(12)3)16-9-17-7-6-14(16)8-18-15-4-5-15/h6-7,9,12-13,15,18H,4-5,8,10-11H2,1-3H3. The van der Waals surface area contributed by atoms with E-state index in [0.29, 0.717) is 12.1 Å². The summed E-state index contributed by atoms with van der Waals surface area (Å²) in [5.74, 6) is 0. The summed E-state index contributed by atoms with van der Waals surface area (Å²) in [5, 5.41) is 3.62. The van der Waals surface area contributed by atoms with Gasteiger partial charge >= 0.3 is 0 Å². The van der Waals surface area contributed by atoms with E-state index in [9.17, 15) is 0 Å². The molecule has 3 rings (SSSR count). The number of piperazine rings is 1. The summed E-state index contributed by atoms with van der Waals surface area (Å²) >= 11 is 0. The van der Waals surface area contributed by atoms with Crippen LogP contribution in [0, 0.1) is 0 Å². The molecule has 1 saturated heterocycles. The average molecular weight is 274 g/mol. The minimum absolute atomic E-state index is 0.586. The van der Waals surface area contributed by atoms with Gasteiger partial charge < -0.3 is 10.2 Å². The van der Waals surface area contributed by atoms with Gasteiger partial charge in [0, 0.05) is 44.0 Å². The number of hydrogen-bond acceptors (Lipinski definition) is 4. The second kappa shape index (κ2) is 5.70. The lowest BCUT2D eigenvalue weighted by atomic mass is 10.1. The molecule has 1 saturated carbocycles. The average Bonchev–Trinajstić information content (AvgIpc) is 3.26. The van der Waals surface area contributed by atoms with Gasteiger partial charge in [-0.15, -0.1) is 0 Å². The van der Waals surface area contributed by atoms with Crippen molar-refractivity contribution in [3.8, 4) is 0 Å². The molecule has 110 valence electrons. The molecule has 0 amide bonds. The first kappa shape index (κ1) is 13.8. The summed E-state index contributed by atoms with van der Waals surface area (Å²) in [6.45, 7) is 7.76. The van der Waals surface area contributed by atoms with E-state index in [1.807, 2.05) is 12.4 Å². The van der Waals surface area contributed by atoms with Crippen molar-refractivity contribution in [3.05, 3.63) is 24.0 Å². The number of anilines is 1. The van der Waals surface area contributed by atoms with Crippen LogP contribution in [0.3, 0.4) is 0 Å². The highest BCUT2D eigenvalue weighted by Crippen LogP contribution is 2.26. The van der Waals surface area contributed by atoms with Crippen LogP contribution >= 0.6 is 0 Å². The second-order valence-electron chi connectivity index (χ2n) is 6.43. The van der Waals surface area contributed by atoms with E-state index >= 15 is 0 Å². The van der Waals surface area contributed by atoms with Crippen molar-refractivity contribution in [2.75, 3.05) is 25.0 Å². The Kier molecular flexibility index (Phi) is 3.94. The molecule has 1 aromatic heterocycles. The van der Waals surface area contributed by atoms with Gasteiger partial charge in [-0.05, 0) is 45.4 Å². The molecule has 4 nitrogen and oxygen atoms in total. The fraction of sp³-hybridized carbons (Fsp3) is 0.688. The van der Waals surface area contributed by atoms with Crippen molar-refractivity contribution >= 4 is 5.69 Å². The minimum atomic E-state index is 0.586. The molecule has 0 aromatic carbocycles. The maximum absolute atomic E-state index is 4.35. The first-order valence-electron chi connectivity index (χ1n) is 7.78. The van der Waals surface area contributed by atoms with Crippen molar-refractivity contribution in [2.24, 2.45) is 0 Å². The quantitative estimate of drug-likeness (QED) is 0.908. The number of likely N-dealkylation sites (N-methyl/N-ethyl adjacent to an activating group) is 1. The summed E-state index contributed by atoms with van der Waals surface area (Å²) in [6.07, 6.45) is 6.62. The van der Waals surface area contributed by atoms with Gasteiger partial charge in [-0.1, -0.05) is 0 Å². The van der Waals surface area contributed by atoms with Gasteiger partial charge in [0.25, 0.3) is 0 Å². The molecular weight excluding hydrogens is 248 g/mol. The van der Waals surface area contributed by atoms with E-state index < -0.39 is 0 Å². The molecule has 1 aliphatic heterocycles. The Labute approximate surface area is 122 Å². The number of aromatic nitrogens is 1. The number of pyridine rings is 1. The zero-order valence-electron chi connectivity index (χ0n) is 12.8. The topological polar surface area (TPSA) is 31.4 Å². The molecular formula is C16H26N4. The molecule has 1 aliphatic carbocycles. The van der Waals surface area contributed by atoms with Gasteiger partial charge in [0.1, 0.15) is 0 Å². The Balaban J connectivity index is 1.74. The molecule has 0 bridgehead atoms. The lowest BCUT2D eigenvalue weighted by Gasteiger charge is -2.44. The summed E-state index contributed by atoms with van der Waals surface area (Å²) < 4.78 is 0. The third-order valence-electron chi connectivity index (χ3n) is 4.75. The number of nitrogens with one attached hydrogen (secondary N) is 1. The molecule has 4 heteroatoms. The van der Waals surface area contributed by atoms with Gasteiger partial charge in [-0.2, -0.15) is 0 Å². The Morgan fingerprint density at radius 3 is 2.60 bits per heavy atom. The number of hydrogen-bond donors (Lipinski definition) is 1. The van der Waals surface area contributed by atoms with Gasteiger partial charge in [0.05, 0.1) is 11.9 Å². The first-order valence-corrected chi connectivity index (χ1v) is 7.78. The SMILES string of the molecule is CC1CN(c2cnccc2CNC2CC2)CC(C)N1C. The Morgan fingerprint density at radius 1 is 1.25 bits per heavy atom. The molecule has 0 spiro atoms. The molecule has 1 N–H and O–H groups in total. The zero-order valence-corrected chi connectivity index (χ0v) is 12.8. The molecule has 1 aromatic rings. The highest BCUT2D eigenvalue weighted by atomic mass is 15.3. The fourth-order valence-corrected chi connectivity index (χ4v) is 2.99. The van der Waals surface area contributed by atoms with E-state index in [4.69, 9.17) is 0 Å². The van der Waals surface area contributed by atoms with Crippen LogP contribution in [0.15, 0.2) is 18.5 Å². The predicted molar refractivity (Wildman–Crippen MR) is 83.0 cm³/mol. The van der Waals surface area contributed by atoms with Crippen LogP contribution in [0.1, 0.15) is 32.3 Å². The van der Waals surface area contributed by atoms with Crippen LogP contribution in [0.25, 0.3) is 0 Å². The molecule has 2 heterocycles. The van der Waals surface area contributed by atoms with E-state index in [2.05, 4.69) is 47.1 Å². The van der Waals surface area contributed by atoms with Gasteiger partial charge in [0.2, 0.25) is 0 Å². The number of nitrogens with zero attached hydrogens (tertiary/aromatic N) is 3. The fourth-order valence-electron chi connectivity index (χ4n) is 2.99. The lowest BCUT2D eigenvalue weighted by molar-refractivity contribution is 0.170. The molecule has 2 aliphatic rings. The summed E-state index contributed by atoms with van der Waals surface area (Å²) in [6, 6.07) is 4.09. The molecule has 2 unspecified atom stereocenters. The van der Waals surface area contributed by atoms with Crippen LogP contribution in [-0.4, -0.2) is 48.1 Å². The Hall–Kier alpha value is -1.13. The van der Waals surface area contributed by atoms with Gasteiger partial charge in [-0.25, -0.2) is 0 Å². The van der Waals surface area contributed by atoms with E-state index in [-0.39, 0.29) is 0 Å². The third-order valence-corrected chi connectivity index (χ3v) is 4.75. The van der Waals surface area contributed by atoms with E-state index in [1.165, 1.54) is 24.1 Å². The Bertz CT molecular complexity index is 446. The first-order chi connectivity index (χ1) is 9.65. The van der Waals surface area contributed by atoms with Crippen molar-refractivity contribution in [1.29, 1.82) is 0 Å². The largest absolute Gasteiger partial charge is 0.367 e. The summed E-state index contributed by atoms with van der Waals surface area (Å²) in [5.41, 5.74) is 2.70. The van der Waals surface area contributed by atoms with E-state index in [0.717, 1.165) is 25.7 Å². The predicted octanol–water partition coefficient (Wildman–Crippen LogP) is 1.86. The normalized spacial score (nSPS) is 27.9. The maximum Gasteiger partial charge on any atom is 0.0599 e. The summed E-state index contributed by atoms with van der Waals surface area (Å²) in [7, 11) is 2.23. The van der Waals surface area contributed by atoms with Crippen LogP contribution in [0.4, 0.5) is 5.69 Å². The van der Waals surface area contributed by atoms with Crippen LogP contribution in [0.5, 0.6) is 0 Å². The molecule has 0 radical (unpaired) electrons. The van der Waals surface area contributed by atoms with Crippen molar-refractivity contribution < 1.29 is 0 Å². The maximum atomic E-state index is 4.35. The smallest absolute Gasteiger partial charge is 0.0599 e. The monoisotopic (exact) mass is 274 g/mol. The lowest BCUT2D eigenvalue weighted by Crippen LogP contribution is -2.55. The zero-order chi connectivity index (χ0) is 14.1. The van der Waals surface area contributed by atoms with Crippen molar-refractivity contribution in [1.82, 2.24) is 15.2 Å². The van der Waals surface area contributed by atoms with Gasteiger partial charge in [0.15, 0.2) is 0 Å². The highest BCUT2D eigenvalue weighted by molar-refractivity contribution is 5.52. The van der Waals surface area contributed by atoms with Crippen LogP contribution in [-0.2, 0) is 6.54 Å². The third kappa shape index (κ3) is 2.96. The molecule has 20 heavy (non-hydrogen) atoms. The van der Waals surface area contributed by atoms with Gasteiger partial charge in [-0.3, -0.25) is 9.88 Å². The minimum Gasteiger partial charge on any atom is -0.367 e. The molecule has 2 atom stereocenters. The number of rotatable bonds is 4.